The van der Waals surface area contributed by atoms with Crippen molar-refractivity contribution in [1.82, 2.24) is 10.2 Å². The predicted octanol–water partition coefficient (Wildman–Crippen LogP) is 3.24. The summed E-state index contributed by atoms with van der Waals surface area (Å²) in [6.07, 6.45) is 1.99. The third-order valence-electron chi connectivity index (χ3n) is 4.26. The Hall–Kier alpha value is -2.04. The minimum Gasteiger partial charge on any atom is -0.491 e. The van der Waals surface area contributed by atoms with Gasteiger partial charge in [0.1, 0.15) is 12.4 Å². The normalized spacial score (nSPS) is 17.7. The van der Waals surface area contributed by atoms with E-state index in [2.05, 4.69) is 5.32 Å². The molecular weight excluding hydrogens is 316 g/mol. The maximum atomic E-state index is 12.5. The van der Waals surface area contributed by atoms with Gasteiger partial charge in [0.25, 0.3) is 5.91 Å². The fraction of sp³-hybridized carbons (Fsp3) is 0.600. The topological polar surface area (TPSA) is 58.6 Å². The number of hydrogen-bond donors (Lipinski definition) is 1. The Balaban J connectivity index is 1.92. The molecule has 5 nitrogen and oxygen atoms in total. The van der Waals surface area contributed by atoms with Gasteiger partial charge in [0.2, 0.25) is 5.91 Å². The predicted molar refractivity (Wildman–Crippen MR) is 98.7 cm³/mol. The molecule has 0 spiro atoms. The van der Waals surface area contributed by atoms with Crippen molar-refractivity contribution < 1.29 is 14.3 Å². The molecule has 0 aliphatic carbocycles. The number of rotatable bonds is 5. The fourth-order valence-corrected chi connectivity index (χ4v) is 2.95. The highest BCUT2D eigenvalue weighted by Gasteiger charge is 2.35. The molecular formula is C20H30N2O3. The first-order chi connectivity index (χ1) is 11.7. The first-order valence-electron chi connectivity index (χ1n) is 9.03. The molecule has 1 fully saturated rings. The molecule has 0 unspecified atom stereocenters. The van der Waals surface area contributed by atoms with Crippen molar-refractivity contribution in [2.24, 2.45) is 5.41 Å². The molecule has 0 saturated carbocycles. The van der Waals surface area contributed by atoms with E-state index in [4.69, 9.17) is 4.74 Å². The molecule has 1 aliphatic heterocycles. The number of nitrogens with zero attached hydrogens (tertiary/aromatic N) is 1. The number of benzene rings is 1. The van der Waals surface area contributed by atoms with Gasteiger partial charge in [-0.2, -0.15) is 0 Å². The number of carbonyl (C=O) groups is 2. The highest BCUT2D eigenvalue weighted by atomic mass is 16.5. The van der Waals surface area contributed by atoms with Crippen LogP contribution in [0.1, 0.15) is 57.8 Å². The van der Waals surface area contributed by atoms with Crippen molar-refractivity contribution in [3.05, 3.63) is 29.8 Å². The third kappa shape index (κ3) is 5.21. The van der Waals surface area contributed by atoms with E-state index in [9.17, 15) is 9.59 Å². The second-order valence-corrected chi connectivity index (χ2v) is 8.01. The molecule has 1 N–H and O–H groups in total. The van der Waals surface area contributed by atoms with Crippen LogP contribution < -0.4 is 10.1 Å². The van der Waals surface area contributed by atoms with Crippen LogP contribution in [0.4, 0.5) is 0 Å². The van der Waals surface area contributed by atoms with Crippen molar-refractivity contribution >= 4 is 11.8 Å². The SMILES string of the molecule is CC(C)NC(=O)c1ccc(OC[C@H]2CCCN2C(=O)C(C)(C)C)cc1. The molecule has 0 aromatic heterocycles. The maximum absolute atomic E-state index is 12.5. The van der Waals surface area contributed by atoms with Crippen LogP contribution in [0.3, 0.4) is 0 Å². The molecule has 2 amide bonds. The number of hydrogen-bond acceptors (Lipinski definition) is 3. The van der Waals surface area contributed by atoms with Gasteiger partial charge < -0.3 is 15.0 Å². The number of nitrogens with one attached hydrogen (secondary N) is 1. The van der Waals surface area contributed by atoms with E-state index in [-0.39, 0.29) is 29.3 Å². The molecule has 2 rings (SSSR count). The lowest BCUT2D eigenvalue weighted by atomic mass is 9.94. The molecule has 1 atom stereocenters. The van der Waals surface area contributed by atoms with Crippen LogP contribution in [-0.4, -0.2) is 41.9 Å². The highest BCUT2D eigenvalue weighted by molar-refractivity contribution is 5.94. The average molecular weight is 346 g/mol. The lowest BCUT2D eigenvalue weighted by molar-refractivity contribution is -0.140. The Morgan fingerprint density at radius 1 is 1.24 bits per heavy atom. The van der Waals surface area contributed by atoms with Gasteiger partial charge in [-0.1, -0.05) is 20.8 Å². The van der Waals surface area contributed by atoms with Crippen LogP contribution in [-0.2, 0) is 4.79 Å². The van der Waals surface area contributed by atoms with Crippen molar-refractivity contribution in [2.45, 2.75) is 59.5 Å². The number of amides is 2. The summed E-state index contributed by atoms with van der Waals surface area (Å²) in [4.78, 5) is 26.4. The lowest BCUT2D eigenvalue weighted by Crippen LogP contribution is -2.44. The molecule has 1 heterocycles. The smallest absolute Gasteiger partial charge is 0.251 e. The van der Waals surface area contributed by atoms with E-state index in [0.717, 1.165) is 25.1 Å². The second-order valence-electron chi connectivity index (χ2n) is 8.01. The van der Waals surface area contributed by atoms with Crippen molar-refractivity contribution in [3.63, 3.8) is 0 Å². The zero-order chi connectivity index (χ0) is 18.6. The van der Waals surface area contributed by atoms with Crippen LogP contribution in [0.25, 0.3) is 0 Å². The minimum absolute atomic E-state index is 0.0840. The fourth-order valence-electron chi connectivity index (χ4n) is 2.95. The van der Waals surface area contributed by atoms with Gasteiger partial charge in [-0.25, -0.2) is 0 Å². The van der Waals surface area contributed by atoms with Crippen molar-refractivity contribution in [3.8, 4) is 5.75 Å². The van der Waals surface area contributed by atoms with Gasteiger partial charge in [0, 0.05) is 23.6 Å². The summed E-state index contributed by atoms with van der Waals surface area (Å²) in [6.45, 7) is 11.0. The van der Waals surface area contributed by atoms with E-state index >= 15 is 0 Å². The second kappa shape index (κ2) is 7.89. The zero-order valence-corrected chi connectivity index (χ0v) is 16.0. The molecule has 0 radical (unpaired) electrons. The van der Waals surface area contributed by atoms with Gasteiger partial charge in [-0.3, -0.25) is 9.59 Å². The number of carbonyl (C=O) groups excluding carboxylic acids is 2. The van der Waals surface area contributed by atoms with E-state index < -0.39 is 0 Å². The lowest BCUT2D eigenvalue weighted by Gasteiger charge is -2.30. The summed E-state index contributed by atoms with van der Waals surface area (Å²) in [7, 11) is 0. The quantitative estimate of drug-likeness (QED) is 0.890. The molecule has 5 heteroatoms. The van der Waals surface area contributed by atoms with Gasteiger partial charge >= 0.3 is 0 Å². The van der Waals surface area contributed by atoms with Crippen LogP contribution >= 0.6 is 0 Å². The molecule has 1 aromatic rings. The van der Waals surface area contributed by atoms with Crippen LogP contribution in [0.2, 0.25) is 0 Å². The average Bonchev–Trinajstić information content (AvgIpc) is 2.99. The van der Waals surface area contributed by atoms with E-state index in [1.807, 2.05) is 39.5 Å². The summed E-state index contributed by atoms with van der Waals surface area (Å²) in [5.74, 6) is 0.815. The largest absolute Gasteiger partial charge is 0.491 e. The molecule has 1 aromatic carbocycles. The highest BCUT2D eigenvalue weighted by Crippen LogP contribution is 2.26. The summed E-state index contributed by atoms with van der Waals surface area (Å²) < 4.78 is 5.87. The molecule has 138 valence electrons. The first-order valence-corrected chi connectivity index (χ1v) is 9.03. The van der Waals surface area contributed by atoms with Gasteiger partial charge in [0.15, 0.2) is 0 Å². The van der Waals surface area contributed by atoms with Gasteiger partial charge in [-0.15, -0.1) is 0 Å². The van der Waals surface area contributed by atoms with Gasteiger partial charge in [-0.05, 0) is 51.0 Å². The molecule has 25 heavy (non-hydrogen) atoms. The van der Waals surface area contributed by atoms with Crippen LogP contribution in [0.15, 0.2) is 24.3 Å². The Morgan fingerprint density at radius 2 is 1.88 bits per heavy atom. The molecule has 0 bridgehead atoms. The molecule has 1 aliphatic rings. The summed E-state index contributed by atoms with van der Waals surface area (Å²) >= 11 is 0. The minimum atomic E-state index is -0.367. The Labute approximate surface area is 150 Å². The van der Waals surface area contributed by atoms with Crippen molar-refractivity contribution in [2.75, 3.05) is 13.2 Å². The molecule has 1 saturated heterocycles. The Morgan fingerprint density at radius 3 is 2.44 bits per heavy atom. The number of likely N-dealkylation sites (tertiary alicyclic amines) is 1. The first kappa shape index (κ1) is 19.3. The number of ether oxygens (including phenoxy) is 1. The van der Waals surface area contributed by atoms with E-state index in [0.29, 0.717) is 12.2 Å². The van der Waals surface area contributed by atoms with Gasteiger partial charge in [0.05, 0.1) is 6.04 Å². The van der Waals surface area contributed by atoms with E-state index in [1.165, 1.54) is 0 Å². The van der Waals surface area contributed by atoms with Crippen LogP contribution in [0, 0.1) is 5.41 Å². The van der Waals surface area contributed by atoms with E-state index in [1.54, 1.807) is 24.3 Å². The zero-order valence-electron chi connectivity index (χ0n) is 16.0. The Kier molecular flexibility index (Phi) is 6.09. The maximum Gasteiger partial charge on any atom is 0.251 e. The monoisotopic (exact) mass is 346 g/mol. The Bertz CT molecular complexity index is 602. The summed E-state index contributed by atoms with van der Waals surface area (Å²) in [5.41, 5.74) is 0.250. The summed E-state index contributed by atoms with van der Waals surface area (Å²) in [5, 5.41) is 2.86. The van der Waals surface area contributed by atoms with Crippen molar-refractivity contribution in [1.29, 1.82) is 0 Å². The standard InChI is InChI=1S/C20H30N2O3/c1-14(2)21-18(23)15-8-10-17(11-9-15)25-13-16-7-6-12-22(16)19(24)20(3,4)5/h8-11,14,16H,6-7,12-13H2,1-5H3,(H,21,23)/t16-/m1/s1. The van der Waals surface area contributed by atoms with Crippen LogP contribution in [0.5, 0.6) is 5.75 Å². The third-order valence-corrected chi connectivity index (χ3v) is 4.26. The summed E-state index contributed by atoms with van der Waals surface area (Å²) in [6, 6.07) is 7.37.